The molecule has 4 nitrogen and oxygen atoms in total. The summed E-state index contributed by atoms with van der Waals surface area (Å²) in [5, 5.41) is 0.480. The molecular formula is C22H27ClFNO3. The molecule has 1 aromatic rings. The molecule has 0 radical (unpaired) electrons. The molecule has 1 aliphatic heterocycles. The molecule has 2 fully saturated rings. The first-order chi connectivity index (χ1) is 13.1. The van der Waals surface area contributed by atoms with Crippen molar-refractivity contribution >= 4 is 29.1 Å². The summed E-state index contributed by atoms with van der Waals surface area (Å²) in [5.41, 5.74) is 0.460. The fourth-order valence-electron chi connectivity index (χ4n) is 3.82. The molecule has 2 aliphatic rings. The maximum atomic E-state index is 14.6. The van der Waals surface area contributed by atoms with Gasteiger partial charge in [0.15, 0.2) is 5.78 Å². The van der Waals surface area contributed by atoms with Crippen LogP contribution in [-0.4, -0.2) is 34.5 Å². The molecule has 0 spiro atoms. The van der Waals surface area contributed by atoms with Gasteiger partial charge in [0, 0.05) is 23.9 Å². The van der Waals surface area contributed by atoms with Crippen LogP contribution in [0.2, 0.25) is 5.02 Å². The fourth-order valence-corrected chi connectivity index (χ4v) is 4.10. The largest absolute Gasteiger partial charge is 0.444 e. The van der Waals surface area contributed by atoms with E-state index in [1.807, 2.05) is 0 Å². The molecule has 1 heterocycles. The standard InChI is InChI=1S/C22H27ClFNO3/c1-13(15-7-5-6-8-16(15)23)17(24)9-10-20(26)19-12-14-11-18(14)25(19)21(27)28-22(2,3)4/h5-8,14,18-19H,9-12H2,1-4H3/b17-13+/t14-,18-,19+/m1/s1. The molecule has 0 unspecified atom stereocenters. The third kappa shape index (κ3) is 4.57. The molecule has 3 rings (SSSR count). The van der Waals surface area contributed by atoms with Crippen LogP contribution in [0.3, 0.4) is 0 Å². The molecule has 3 atom stereocenters. The number of piperidine rings is 1. The van der Waals surface area contributed by atoms with E-state index < -0.39 is 17.7 Å². The van der Waals surface area contributed by atoms with E-state index in [9.17, 15) is 14.0 Å². The molecule has 6 heteroatoms. The average Bonchev–Trinajstić information content (AvgIpc) is 3.27. The summed E-state index contributed by atoms with van der Waals surface area (Å²) in [7, 11) is 0. The quantitative estimate of drug-likeness (QED) is 0.620. The van der Waals surface area contributed by atoms with Gasteiger partial charge in [-0.1, -0.05) is 29.8 Å². The van der Waals surface area contributed by atoms with Crippen LogP contribution in [-0.2, 0) is 9.53 Å². The molecule has 1 aromatic carbocycles. The Morgan fingerprint density at radius 1 is 1.21 bits per heavy atom. The molecule has 1 amide bonds. The summed E-state index contributed by atoms with van der Waals surface area (Å²) in [6.45, 7) is 7.08. The summed E-state index contributed by atoms with van der Waals surface area (Å²) in [6.07, 6.45) is 1.18. The van der Waals surface area contributed by atoms with Crippen LogP contribution < -0.4 is 0 Å². The number of allylic oxidation sites excluding steroid dienone is 2. The number of likely N-dealkylation sites (tertiary alicyclic amines) is 1. The van der Waals surface area contributed by atoms with Crippen molar-refractivity contribution in [3.8, 4) is 0 Å². The summed E-state index contributed by atoms with van der Waals surface area (Å²) >= 11 is 6.13. The number of carbonyl (C=O) groups excluding carboxylic acids is 2. The van der Waals surface area contributed by atoms with Gasteiger partial charge in [-0.2, -0.15) is 0 Å². The first-order valence-corrected chi connectivity index (χ1v) is 10.1. The predicted molar refractivity (Wildman–Crippen MR) is 108 cm³/mol. The summed E-state index contributed by atoms with van der Waals surface area (Å²) in [6, 6.07) is 6.64. The van der Waals surface area contributed by atoms with E-state index in [1.165, 1.54) is 0 Å². The van der Waals surface area contributed by atoms with Crippen molar-refractivity contribution in [2.24, 2.45) is 5.92 Å². The lowest BCUT2D eigenvalue weighted by molar-refractivity contribution is -0.124. The van der Waals surface area contributed by atoms with Crippen LogP contribution in [0.1, 0.15) is 58.9 Å². The van der Waals surface area contributed by atoms with Crippen LogP contribution in [0.25, 0.3) is 5.57 Å². The van der Waals surface area contributed by atoms with Crippen molar-refractivity contribution in [2.75, 3.05) is 0 Å². The minimum Gasteiger partial charge on any atom is -0.444 e. The van der Waals surface area contributed by atoms with E-state index >= 15 is 0 Å². The van der Waals surface area contributed by atoms with Gasteiger partial charge in [0.2, 0.25) is 0 Å². The van der Waals surface area contributed by atoms with E-state index in [0.29, 0.717) is 28.5 Å². The monoisotopic (exact) mass is 407 g/mol. The van der Waals surface area contributed by atoms with E-state index in [2.05, 4.69) is 0 Å². The summed E-state index contributed by atoms with van der Waals surface area (Å²) in [5.74, 6) is -0.0969. The predicted octanol–water partition coefficient (Wildman–Crippen LogP) is 5.79. The Morgan fingerprint density at radius 3 is 2.54 bits per heavy atom. The Kier molecular flexibility index (Phi) is 5.85. The van der Waals surface area contributed by atoms with E-state index in [1.54, 1.807) is 56.9 Å². The van der Waals surface area contributed by atoms with Gasteiger partial charge in [-0.3, -0.25) is 9.69 Å². The van der Waals surface area contributed by atoms with Gasteiger partial charge in [-0.15, -0.1) is 0 Å². The Morgan fingerprint density at radius 2 is 1.89 bits per heavy atom. The number of hydrogen-bond acceptors (Lipinski definition) is 3. The highest BCUT2D eigenvalue weighted by atomic mass is 35.5. The van der Waals surface area contributed by atoms with Crippen LogP contribution in [0.4, 0.5) is 9.18 Å². The molecule has 1 saturated heterocycles. The second kappa shape index (κ2) is 7.86. The van der Waals surface area contributed by atoms with Crippen molar-refractivity contribution in [1.29, 1.82) is 0 Å². The molecule has 0 aromatic heterocycles. The number of benzene rings is 1. The second-order valence-corrected chi connectivity index (χ2v) is 9.09. The van der Waals surface area contributed by atoms with Gasteiger partial charge in [0.05, 0.1) is 6.04 Å². The Bertz CT molecular complexity index is 814. The number of nitrogens with zero attached hydrogens (tertiary/aromatic N) is 1. The number of amides is 1. The highest BCUT2D eigenvalue weighted by Crippen LogP contribution is 2.48. The molecular weight excluding hydrogens is 381 g/mol. The fraction of sp³-hybridized carbons (Fsp3) is 0.545. The van der Waals surface area contributed by atoms with Gasteiger partial charge in [-0.05, 0) is 63.7 Å². The molecule has 0 bridgehead atoms. The van der Waals surface area contributed by atoms with E-state index in [-0.39, 0.29) is 30.5 Å². The van der Waals surface area contributed by atoms with Crippen molar-refractivity contribution in [1.82, 2.24) is 4.90 Å². The van der Waals surface area contributed by atoms with Crippen molar-refractivity contribution in [3.63, 3.8) is 0 Å². The SMILES string of the molecule is C/C(=C(\F)CCC(=O)[C@@H]1C[C@H]2C[C@H]2N1C(=O)OC(C)(C)C)c1ccccc1Cl. The van der Waals surface area contributed by atoms with Crippen molar-refractivity contribution in [3.05, 3.63) is 40.7 Å². The minimum atomic E-state index is -0.613. The number of fused-ring (bicyclic) bond motifs is 1. The minimum absolute atomic E-state index is 0.00385. The van der Waals surface area contributed by atoms with Crippen LogP contribution in [0.5, 0.6) is 0 Å². The van der Waals surface area contributed by atoms with Crippen molar-refractivity contribution < 1.29 is 18.7 Å². The van der Waals surface area contributed by atoms with Crippen LogP contribution in [0.15, 0.2) is 30.1 Å². The third-order valence-electron chi connectivity index (χ3n) is 5.36. The summed E-state index contributed by atoms with van der Waals surface area (Å²) < 4.78 is 20.1. The lowest BCUT2D eigenvalue weighted by atomic mass is 10.0. The number of rotatable bonds is 5. The Balaban J connectivity index is 1.65. The van der Waals surface area contributed by atoms with Crippen molar-refractivity contribution in [2.45, 2.75) is 71.1 Å². The molecule has 152 valence electrons. The smallest absolute Gasteiger partial charge is 0.411 e. The number of hydrogen-bond donors (Lipinski definition) is 0. The zero-order chi connectivity index (χ0) is 20.6. The zero-order valence-electron chi connectivity index (χ0n) is 16.8. The van der Waals surface area contributed by atoms with E-state index in [0.717, 1.165) is 6.42 Å². The number of ketones is 1. The maximum absolute atomic E-state index is 14.6. The first kappa shape index (κ1) is 20.8. The molecule has 1 saturated carbocycles. The normalized spacial score (nSPS) is 24.5. The average molecular weight is 408 g/mol. The lowest BCUT2D eigenvalue weighted by Gasteiger charge is -2.29. The van der Waals surface area contributed by atoms with Crippen LogP contribution >= 0.6 is 11.6 Å². The highest BCUT2D eigenvalue weighted by Gasteiger charge is 2.56. The maximum Gasteiger partial charge on any atom is 0.411 e. The van der Waals surface area contributed by atoms with E-state index in [4.69, 9.17) is 16.3 Å². The Labute approximate surface area is 170 Å². The second-order valence-electron chi connectivity index (χ2n) is 8.68. The lowest BCUT2D eigenvalue weighted by Crippen LogP contribution is -2.45. The topological polar surface area (TPSA) is 46.6 Å². The van der Waals surface area contributed by atoms with Gasteiger partial charge in [-0.25, -0.2) is 9.18 Å². The third-order valence-corrected chi connectivity index (χ3v) is 5.69. The first-order valence-electron chi connectivity index (χ1n) is 9.72. The molecule has 0 N–H and O–H groups in total. The number of halogens is 2. The van der Waals surface area contributed by atoms with Gasteiger partial charge in [0.25, 0.3) is 0 Å². The van der Waals surface area contributed by atoms with Gasteiger partial charge >= 0.3 is 6.09 Å². The molecule has 1 aliphatic carbocycles. The van der Waals surface area contributed by atoms with Gasteiger partial charge in [0.1, 0.15) is 11.4 Å². The number of Topliss-reactive ketones (excluding diaryl/α,β-unsaturated/α-hetero) is 1. The number of carbonyl (C=O) groups is 2. The van der Waals surface area contributed by atoms with Gasteiger partial charge < -0.3 is 4.74 Å². The van der Waals surface area contributed by atoms with Crippen LogP contribution in [0, 0.1) is 5.92 Å². The highest BCUT2D eigenvalue weighted by molar-refractivity contribution is 6.32. The zero-order valence-corrected chi connectivity index (χ0v) is 17.6. The molecule has 28 heavy (non-hydrogen) atoms. The summed E-state index contributed by atoms with van der Waals surface area (Å²) in [4.78, 5) is 26.9. The number of ether oxygens (including phenoxy) is 1. The Hall–Kier alpha value is -1.88.